The lowest BCUT2D eigenvalue weighted by Crippen LogP contribution is -2.14. The van der Waals surface area contributed by atoms with E-state index in [4.69, 9.17) is 5.73 Å². The van der Waals surface area contributed by atoms with Gasteiger partial charge in [0.1, 0.15) is 0 Å². The minimum atomic E-state index is -0.481. The fraction of sp³-hybridized carbons (Fsp3) is 0.571. The van der Waals surface area contributed by atoms with Crippen LogP contribution in [0.25, 0.3) is 0 Å². The van der Waals surface area contributed by atoms with Crippen molar-refractivity contribution in [3.05, 3.63) is 11.4 Å². The summed E-state index contributed by atoms with van der Waals surface area (Å²) in [6.45, 7) is 0. The molecule has 5 nitrogen and oxygen atoms in total. The van der Waals surface area contributed by atoms with E-state index in [1.807, 2.05) is 0 Å². The summed E-state index contributed by atoms with van der Waals surface area (Å²) in [6, 6.07) is 0. The summed E-state index contributed by atoms with van der Waals surface area (Å²) in [5.41, 5.74) is 6.36. The van der Waals surface area contributed by atoms with E-state index in [0.29, 0.717) is 11.6 Å². The average Bonchev–Trinajstić information content (AvgIpc) is 2.75. The van der Waals surface area contributed by atoms with E-state index >= 15 is 0 Å². The molecule has 1 amide bonds. The van der Waals surface area contributed by atoms with Crippen LogP contribution in [0, 0.1) is 0 Å². The molecule has 2 rings (SSSR count). The molecule has 0 saturated heterocycles. The van der Waals surface area contributed by atoms with Gasteiger partial charge in [-0.05, 0) is 12.8 Å². The number of carbonyl (C=O) groups excluding carboxylic acids is 1. The quantitative estimate of drug-likeness (QED) is 0.660. The van der Waals surface area contributed by atoms with E-state index in [1.54, 1.807) is 11.7 Å². The number of aryl methyl sites for hydroxylation is 1. The van der Waals surface area contributed by atoms with E-state index in [9.17, 15) is 4.79 Å². The van der Waals surface area contributed by atoms with E-state index in [0.717, 1.165) is 18.5 Å². The van der Waals surface area contributed by atoms with Gasteiger partial charge in [-0.15, -0.1) is 5.10 Å². The first-order valence-corrected chi connectivity index (χ1v) is 3.89. The molecule has 1 aromatic heterocycles. The molecule has 1 aliphatic rings. The Morgan fingerprint density at radius 2 is 2.33 bits per heavy atom. The Labute approximate surface area is 69.5 Å². The van der Waals surface area contributed by atoms with Crippen LogP contribution in [0.5, 0.6) is 0 Å². The second kappa shape index (κ2) is 2.30. The van der Waals surface area contributed by atoms with Crippen LogP contribution in [-0.4, -0.2) is 20.9 Å². The summed E-state index contributed by atoms with van der Waals surface area (Å²) >= 11 is 0. The molecule has 1 aromatic rings. The number of rotatable bonds is 2. The van der Waals surface area contributed by atoms with Gasteiger partial charge >= 0.3 is 0 Å². The number of nitrogens with two attached hydrogens (primary N) is 1. The highest BCUT2D eigenvalue weighted by molar-refractivity contribution is 5.92. The van der Waals surface area contributed by atoms with Gasteiger partial charge in [-0.3, -0.25) is 9.48 Å². The first-order valence-electron chi connectivity index (χ1n) is 3.89. The van der Waals surface area contributed by atoms with E-state index in [1.165, 1.54) is 0 Å². The van der Waals surface area contributed by atoms with E-state index < -0.39 is 5.91 Å². The largest absolute Gasteiger partial charge is 0.364 e. The van der Waals surface area contributed by atoms with Crippen LogP contribution in [-0.2, 0) is 7.05 Å². The number of primary amides is 1. The molecule has 64 valence electrons. The van der Waals surface area contributed by atoms with Crippen molar-refractivity contribution in [2.45, 2.75) is 18.8 Å². The molecule has 0 atom stereocenters. The summed E-state index contributed by atoms with van der Waals surface area (Å²) in [5.74, 6) is -0.0301. The third kappa shape index (κ3) is 0.975. The molecule has 5 heteroatoms. The molecule has 0 spiro atoms. The van der Waals surface area contributed by atoms with Crippen LogP contribution in [0.15, 0.2) is 0 Å². The monoisotopic (exact) mass is 166 g/mol. The van der Waals surface area contributed by atoms with Crippen LogP contribution < -0.4 is 5.73 Å². The molecule has 0 radical (unpaired) electrons. The molecular formula is C7H10N4O. The summed E-state index contributed by atoms with van der Waals surface area (Å²) in [6.07, 6.45) is 2.23. The Morgan fingerprint density at radius 1 is 1.67 bits per heavy atom. The maximum atomic E-state index is 10.9. The highest BCUT2D eigenvalue weighted by atomic mass is 16.1. The van der Waals surface area contributed by atoms with Gasteiger partial charge in [-0.1, -0.05) is 5.21 Å². The molecule has 0 unspecified atom stereocenters. The first-order chi connectivity index (χ1) is 5.70. The lowest BCUT2D eigenvalue weighted by atomic mass is 10.2. The highest BCUT2D eigenvalue weighted by Crippen LogP contribution is 2.40. The number of nitrogens with zero attached hydrogens (tertiary/aromatic N) is 3. The van der Waals surface area contributed by atoms with Crippen LogP contribution in [0.3, 0.4) is 0 Å². The molecule has 0 aromatic carbocycles. The lowest BCUT2D eigenvalue weighted by Gasteiger charge is -1.97. The summed E-state index contributed by atoms with van der Waals surface area (Å²) in [5, 5.41) is 7.48. The number of hydrogen-bond acceptors (Lipinski definition) is 3. The normalized spacial score (nSPS) is 16.4. The van der Waals surface area contributed by atoms with Gasteiger partial charge in [-0.2, -0.15) is 0 Å². The van der Waals surface area contributed by atoms with Gasteiger partial charge in [0.15, 0.2) is 5.69 Å². The highest BCUT2D eigenvalue weighted by Gasteiger charge is 2.31. The SMILES string of the molecule is Cn1nnc(C(N)=O)c1C1CC1. The Bertz CT molecular complexity index is 326. The number of hydrogen-bond donors (Lipinski definition) is 1. The maximum Gasteiger partial charge on any atom is 0.271 e. The number of aromatic nitrogens is 3. The first kappa shape index (κ1) is 7.27. The van der Waals surface area contributed by atoms with Crippen molar-refractivity contribution in [1.82, 2.24) is 15.0 Å². The Morgan fingerprint density at radius 3 is 2.83 bits per heavy atom. The van der Waals surface area contributed by atoms with Crippen LogP contribution in [0.4, 0.5) is 0 Å². The van der Waals surface area contributed by atoms with Crippen LogP contribution in [0.2, 0.25) is 0 Å². The van der Waals surface area contributed by atoms with Crippen molar-refractivity contribution < 1.29 is 4.79 Å². The second-order valence-corrected chi connectivity index (χ2v) is 3.09. The second-order valence-electron chi connectivity index (χ2n) is 3.09. The minimum absolute atomic E-state index is 0.333. The molecule has 12 heavy (non-hydrogen) atoms. The predicted molar refractivity (Wildman–Crippen MR) is 41.5 cm³/mol. The van der Waals surface area contributed by atoms with Crippen molar-refractivity contribution in [3.8, 4) is 0 Å². The molecule has 0 aliphatic heterocycles. The van der Waals surface area contributed by atoms with Gasteiger partial charge in [0.05, 0.1) is 5.69 Å². The third-order valence-corrected chi connectivity index (χ3v) is 2.07. The van der Waals surface area contributed by atoms with Crippen LogP contribution in [0.1, 0.15) is 34.9 Å². The standard InChI is InChI=1S/C7H10N4O/c1-11-6(4-2-3-4)5(7(8)12)9-10-11/h4H,2-3H2,1H3,(H2,8,12). The Hall–Kier alpha value is -1.39. The number of amides is 1. The summed E-state index contributed by atoms with van der Waals surface area (Å²) < 4.78 is 1.64. The lowest BCUT2D eigenvalue weighted by molar-refractivity contribution is 0.0994. The average molecular weight is 166 g/mol. The molecule has 0 bridgehead atoms. The van der Waals surface area contributed by atoms with Gasteiger partial charge in [0.25, 0.3) is 5.91 Å². The van der Waals surface area contributed by atoms with Gasteiger partial charge in [0, 0.05) is 13.0 Å². The zero-order valence-electron chi connectivity index (χ0n) is 6.82. The third-order valence-electron chi connectivity index (χ3n) is 2.07. The minimum Gasteiger partial charge on any atom is -0.364 e. The number of carbonyl (C=O) groups is 1. The van der Waals surface area contributed by atoms with E-state index in [-0.39, 0.29) is 0 Å². The smallest absolute Gasteiger partial charge is 0.271 e. The fourth-order valence-corrected chi connectivity index (χ4v) is 1.35. The Balaban J connectivity index is 2.46. The zero-order chi connectivity index (χ0) is 8.72. The van der Waals surface area contributed by atoms with Gasteiger partial charge in [0.2, 0.25) is 0 Å². The van der Waals surface area contributed by atoms with Crippen molar-refractivity contribution in [1.29, 1.82) is 0 Å². The molecule has 1 fully saturated rings. The molecule has 2 N–H and O–H groups in total. The molecule has 1 heterocycles. The van der Waals surface area contributed by atoms with Gasteiger partial charge < -0.3 is 5.73 Å². The maximum absolute atomic E-state index is 10.9. The summed E-state index contributed by atoms with van der Waals surface area (Å²) in [7, 11) is 1.78. The fourth-order valence-electron chi connectivity index (χ4n) is 1.35. The van der Waals surface area contributed by atoms with Crippen LogP contribution >= 0.6 is 0 Å². The topological polar surface area (TPSA) is 73.8 Å². The Kier molecular flexibility index (Phi) is 1.39. The van der Waals surface area contributed by atoms with Crippen molar-refractivity contribution in [2.24, 2.45) is 12.8 Å². The van der Waals surface area contributed by atoms with E-state index in [2.05, 4.69) is 10.3 Å². The molecular weight excluding hydrogens is 156 g/mol. The van der Waals surface area contributed by atoms with Crippen molar-refractivity contribution >= 4 is 5.91 Å². The molecule has 1 saturated carbocycles. The van der Waals surface area contributed by atoms with Crippen molar-refractivity contribution in [2.75, 3.05) is 0 Å². The van der Waals surface area contributed by atoms with Gasteiger partial charge in [-0.25, -0.2) is 0 Å². The van der Waals surface area contributed by atoms with Crippen molar-refractivity contribution in [3.63, 3.8) is 0 Å². The molecule has 1 aliphatic carbocycles. The summed E-state index contributed by atoms with van der Waals surface area (Å²) in [4.78, 5) is 10.9. The zero-order valence-corrected chi connectivity index (χ0v) is 6.82. The predicted octanol–water partition coefficient (Wildman–Crippen LogP) is -0.209.